The molecule has 0 aliphatic rings. The molecule has 20 heavy (non-hydrogen) atoms. The zero-order chi connectivity index (χ0) is 14.3. The second-order valence-corrected chi connectivity index (χ2v) is 4.43. The number of imidazole rings is 1. The first-order chi connectivity index (χ1) is 9.49. The molecule has 3 aromatic rings. The second-order valence-electron chi connectivity index (χ2n) is 4.43. The fraction of sp³-hybridized carbons (Fsp3) is 0.154. The van der Waals surface area contributed by atoms with Crippen LogP contribution in [0.1, 0.15) is 11.3 Å². The first-order valence-electron chi connectivity index (χ1n) is 5.91. The molecule has 3 rings (SSSR count). The molecule has 104 valence electrons. The van der Waals surface area contributed by atoms with E-state index in [0.29, 0.717) is 12.1 Å². The normalized spacial score (nSPS) is 12.2. The minimum atomic E-state index is -4.43. The number of hydrogen-bond donors (Lipinski definition) is 3. The number of fused-ring (bicyclic) bond motifs is 1. The Morgan fingerprint density at radius 3 is 2.70 bits per heavy atom. The minimum Gasteiger partial charge on any atom is -0.360 e. The number of benzene rings is 1. The van der Waals surface area contributed by atoms with Gasteiger partial charge in [-0.15, -0.1) is 0 Å². The first kappa shape index (κ1) is 12.7. The van der Waals surface area contributed by atoms with E-state index in [1.165, 1.54) is 0 Å². The summed E-state index contributed by atoms with van der Waals surface area (Å²) in [6.45, 7) is 0.368. The molecule has 4 nitrogen and oxygen atoms in total. The number of nitrogens with two attached hydrogens (primary N) is 1. The predicted octanol–water partition coefficient (Wildman–Crippen LogP) is 3.04. The molecule has 0 unspecified atom stereocenters. The van der Waals surface area contributed by atoms with Crippen LogP contribution in [0.25, 0.3) is 22.3 Å². The van der Waals surface area contributed by atoms with E-state index in [1.54, 1.807) is 6.20 Å². The lowest BCUT2D eigenvalue weighted by Gasteiger charge is -2.01. The van der Waals surface area contributed by atoms with Gasteiger partial charge in [0.05, 0.1) is 6.20 Å². The molecule has 0 amide bonds. The third kappa shape index (κ3) is 2.05. The Labute approximate surface area is 111 Å². The van der Waals surface area contributed by atoms with Crippen molar-refractivity contribution < 1.29 is 13.2 Å². The van der Waals surface area contributed by atoms with Crippen molar-refractivity contribution in [3.8, 4) is 11.4 Å². The van der Waals surface area contributed by atoms with E-state index in [1.807, 2.05) is 18.2 Å². The molecule has 2 aromatic heterocycles. The molecule has 0 atom stereocenters. The summed E-state index contributed by atoms with van der Waals surface area (Å²) in [6.07, 6.45) is -2.01. The molecule has 0 bridgehead atoms. The third-order valence-electron chi connectivity index (χ3n) is 3.12. The summed E-state index contributed by atoms with van der Waals surface area (Å²) < 4.78 is 37.7. The van der Waals surface area contributed by atoms with Crippen molar-refractivity contribution in [2.45, 2.75) is 12.7 Å². The molecule has 0 radical (unpaired) electrons. The summed E-state index contributed by atoms with van der Waals surface area (Å²) in [6, 6.07) is 5.55. The standard InChI is InChI=1S/C13H11F3N4/c14-13(15,16)11-6-19-12(20-11)9-5-18-10-2-1-7(4-17)3-8(9)10/h1-3,5-6,18H,4,17H2,(H,19,20). The Bertz CT molecular complexity index is 754. The Hall–Kier alpha value is -2.28. The number of alkyl halides is 3. The highest BCUT2D eigenvalue weighted by molar-refractivity contribution is 5.94. The summed E-state index contributed by atoms with van der Waals surface area (Å²) in [5.41, 5.74) is 7.03. The van der Waals surface area contributed by atoms with Crippen LogP contribution in [0.3, 0.4) is 0 Å². The maximum absolute atomic E-state index is 12.6. The summed E-state index contributed by atoms with van der Waals surface area (Å²) >= 11 is 0. The van der Waals surface area contributed by atoms with Gasteiger partial charge >= 0.3 is 6.18 Å². The van der Waals surface area contributed by atoms with Gasteiger partial charge in [-0.1, -0.05) is 6.07 Å². The van der Waals surface area contributed by atoms with Gasteiger partial charge in [-0.2, -0.15) is 13.2 Å². The molecular formula is C13H11F3N4. The van der Waals surface area contributed by atoms with Gasteiger partial charge in [0, 0.05) is 29.2 Å². The van der Waals surface area contributed by atoms with Crippen LogP contribution in [-0.4, -0.2) is 15.0 Å². The van der Waals surface area contributed by atoms with Crippen molar-refractivity contribution in [1.82, 2.24) is 15.0 Å². The summed E-state index contributed by atoms with van der Waals surface area (Å²) in [4.78, 5) is 9.11. The van der Waals surface area contributed by atoms with E-state index in [-0.39, 0.29) is 5.82 Å². The van der Waals surface area contributed by atoms with Crippen LogP contribution < -0.4 is 5.73 Å². The molecule has 2 heterocycles. The largest absolute Gasteiger partial charge is 0.432 e. The van der Waals surface area contributed by atoms with E-state index in [0.717, 1.165) is 22.7 Å². The zero-order valence-electron chi connectivity index (χ0n) is 10.3. The van der Waals surface area contributed by atoms with Gasteiger partial charge in [0.15, 0.2) is 0 Å². The van der Waals surface area contributed by atoms with Crippen LogP contribution in [-0.2, 0) is 12.7 Å². The van der Waals surface area contributed by atoms with Gasteiger partial charge in [0.2, 0.25) is 0 Å². The number of aromatic nitrogens is 3. The smallest absolute Gasteiger partial charge is 0.360 e. The van der Waals surface area contributed by atoms with Gasteiger partial charge in [-0.05, 0) is 17.7 Å². The fourth-order valence-electron chi connectivity index (χ4n) is 2.09. The fourth-order valence-corrected chi connectivity index (χ4v) is 2.09. The van der Waals surface area contributed by atoms with E-state index >= 15 is 0 Å². The quantitative estimate of drug-likeness (QED) is 0.675. The predicted molar refractivity (Wildman–Crippen MR) is 68.8 cm³/mol. The van der Waals surface area contributed by atoms with E-state index < -0.39 is 11.9 Å². The SMILES string of the molecule is NCc1ccc2[nH]cc(-c3ncc(C(F)(F)F)[nH]3)c2c1. The highest BCUT2D eigenvalue weighted by Gasteiger charge is 2.33. The van der Waals surface area contributed by atoms with Crippen molar-refractivity contribution in [3.05, 3.63) is 41.9 Å². The van der Waals surface area contributed by atoms with Crippen molar-refractivity contribution in [3.63, 3.8) is 0 Å². The van der Waals surface area contributed by atoms with Gasteiger partial charge in [0.1, 0.15) is 11.5 Å². The van der Waals surface area contributed by atoms with Crippen molar-refractivity contribution in [2.24, 2.45) is 5.73 Å². The number of hydrogen-bond acceptors (Lipinski definition) is 2. The first-order valence-corrected chi connectivity index (χ1v) is 5.91. The Morgan fingerprint density at radius 1 is 1.25 bits per heavy atom. The summed E-state index contributed by atoms with van der Waals surface area (Å²) in [5, 5.41) is 0.788. The van der Waals surface area contributed by atoms with Crippen LogP contribution in [0.4, 0.5) is 13.2 Å². The lowest BCUT2D eigenvalue weighted by Crippen LogP contribution is -2.04. The summed E-state index contributed by atoms with van der Waals surface area (Å²) in [5.74, 6) is 0.178. The number of rotatable bonds is 2. The van der Waals surface area contributed by atoms with Crippen LogP contribution in [0, 0.1) is 0 Å². The average Bonchev–Trinajstić information content (AvgIpc) is 3.03. The molecule has 1 aromatic carbocycles. The molecular weight excluding hydrogens is 269 g/mol. The topological polar surface area (TPSA) is 70.5 Å². The van der Waals surface area contributed by atoms with Crippen LogP contribution in [0.5, 0.6) is 0 Å². The minimum absolute atomic E-state index is 0.178. The lowest BCUT2D eigenvalue weighted by atomic mass is 10.1. The van der Waals surface area contributed by atoms with Gasteiger partial charge in [0.25, 0.3) is 0 Å². The van der Waals surface area contributed by atoms with Crippen LogP contribution >= 0.6 is 0 Å². The number of halogens is 3. The second kappa shape index (κ2) is 4.38. The zero-order valence-corrected chi connectivity index (χ0v) is 10.3. The van der Waals surface area contributed by atoms with Gasteiger partial charge in [-0.25, -0.2) is 4.98 Å². The number of aromatic amines is 2. The number of nitrogens with one attached hydrogen (secondary N) is 2. The molecule has 0 spiro atoms. The lowest BCUT2D eigenvalue weighted by molar-refractivity contribution is -0.140. The monoisotopic (exact) mass is 280 g/mol. The Kier molecular flexibility index (Phi) is 2.79. The van der Waals surface area contributed by atoms with Crippen molar-refractivity contribution in [2.75, 3.05) is 0 Å². The molecule has 7 heteroatoms. The molecule has 0 saturated heterocycles. The van der Waals surface area contributed by atoms with Gasteiger partial charge < -0.3 is 15.7 Å². The molecule has 0 fully saturated rings. The molecule has 4 N–H and O–H groups in total. The van der Waals surface area contributed by atoms with E-state index in [9.17, 15) is 13.2 Å². The summed E-state index contributed by atoms with van der Waals surface area (Å²) in [7, 11) is 0. The molecule has 0 saturated carbocycles. The number of nitrogens with zero attached hydrogens (tertiary/aromatic N) is 1. The van der Waals surface area contributed by atoms with Crippen molar-refractivity contribution in [1.29, 1.82) is 0 Å². The highest BCUT2D eigenvalue weighted by atomic mass is 19.4. The van der Waals surface area contributed by atoms with Gasteiger partial charge in [-0.3, -0.25) is 0 Å². The van der Waals surface area contributed by atoms with Crippen LogP contribution in [0.15, 0.2) is 30.6 Å². The Balaban J connectivity index is 2.12. The van der Waals surface area contributed by atoms with Crippen LogP contribution in [0.2, 0.25) is 0 Å². The average molecular weight is 280 g/mol. The maximum Gasteiger partial charge on any atom is 0.432 e. The third-order valence-corrected chi connectivity index (χ3v) is 3.12. The van der Waals surface area contributed by atoms with Crippen molar-refractivity contribution >= 4 is 10.9 Å². The molecule has 0 aliphatic heterocycles. The highest BCUT2D eigenvalue weighted by Crippen LogP contribution is 2.32. The maximum atomic E-state index is 12.6. The van der Waals surface area contributed by atoms with E-state index in [2.05, 4.69) is 15.0 Å². The Morgan fingerprint density at radius 2 is 2.05 bits per heavy atom. The number of H-pyrrole nitrogens is 2. The molecule has 0 aliphatic carbocycles. The van der Waals surface area contributed by atoms with E-state index in [4.69, 9.17) is 5.73 Å².